The first-order valence-corrected chi connectivity index (χ1v) is 8.08. The van der Waals surface area contributed by atoms with E-state index in [4.69, 9.17) is 5.73 Å². The molecule has 0 amide bonds. The monoisotopic (exact) mass is 285 g/mol. The summed E-state index contributed by atoms with van der Waals surface area (Å²) in [7, 11) is 0. The van der Waals surface area contributed by atoms with Gasteiger partial charge in [-0.15, -0.1) is 0 Å². The zero-order chi connectivity index (χ0) is 15.1. The van der Waals surface area contributed by atoms with E-state index in [1.165, 1.54) is 31.4 Å². The second kappa shape index (κ2) is 5.04. The van der Waals surface area contributed by atoms with Gasteiger partial charge >= 0.3 is 0 Å². The molecule has 3 rings (SSSR count). The van der Waals surface area contributed by atoms with Crippen molar-refractivity contribution in [3.8, 4) is 0 Å². The lowest BCUT2D eigenvalue weighted by atomic mass is 9.67. The number of nitrogens with two attached hydrogens (primary N) is 1. The maximum absolute atomic E-state index is 6.21. The molecule has 1 aromatic carbocycles. The van der Waals surface area contributed by atoms with Crippen LogP contribution in [0.2, 0.25) is 0 Å². The van der Waals surface area contributed by atoms with Gasteiger partial charge in [-0.3, -0.25) is 4.99 Å². The Morgan fingerprint density at radius 1 is 1.14 bits per heavy atom. The zero-order valence-corrected chi connectivity index (χ0v) is 13.5. The van der Waals surface area contributed by atoms with Gasteiger partial charge < -0.3 is 10.6 Å². The summed E-state index contributed by atoms with van der Waals surface area (Å²) in [6, 6.07) is 10.5. The first kappa shape index (κ1) is 14.4. The normalized spacial score (nSPS) is 29.8. The highest BCUT2D eigenvalue weighted by molar-refractivity contribution is 5.98. The van der Waals surface area contributed by atoms with Crippen LogP contribution < -0.4 is 10.6 Å². The summed E-state index contributed by atoms with van der Waals surface area (Å²) in [5.41, 5.74) is 7.92. The van der Waals surface area contributed by atoms with Gasteiger partial charge in [0, 0.05) is 5.69 Å². The minimum absolute atomic E-state index is 0.118. The van der Waals surface area contributed by atoms with Gasteiger partial charge in [0.25, 0.3) is 0 Å². The van der Waals surface area contributed by atoms with Crippen molar-refractivity contribution >= 4 is 11.6 Å². The van der Waals surface area contributed by atoms with Crippen LogP contribution in [0.1, 0.15) is 46.5 Å². The van der Waals surface area contributed by atoms with Gasteiger partial charge in [-0.2, -0.15) is 0 Å². The smallest absolute Gasteiger partial charge is 0.196 e. The standard InChI is InChI=1S/C18H27N3/c1-17(2,3)14-9-11-18(12-10-14)13-20-16(19)21(18)15-7-5-4-6-8-15/h4-8,14H,9-13H2,1-3H3,(H2,19,20). The molecule has 0 saturated heterocycles. The number of guanidine groups is 1. The van der Waals surface area contributed by atoms with Crippen molar-refractivity contribution in [3.05, 3.63) is 30.3 Å². The van der Waals surface area contributed by atoms with Crippen molar-refractivity contribution in [2.24, 2.45) is 22.1 Å². The molecule has 1 spiro atoms. The molecule has 1 heterocycles. The van der Waals surface area contributed by atoms with Crippen LogP contribution in [-0.2, 0) is 0 Å². The Kier molecular flexibility index (Phi) is 3.46. The third-order valence-electron chi connectivity index (χ3n) is 5.39. The maximum atomic E-state index is 6.21. The second-order valence-corrected chi connectivity index (χ2v) is 7.71. The van der Waals surface area contributed by atoms with Gasteiger partial charge in [-0.05, 0) is 49.1 Å². The molecule has 0 unspecified atom stereocenters. The molecule has 1 aliphatic heterocycles. The topological polar surface area (TPSA) is 41.6 Å². The van der Waals surface area contributed by atoms with Crippen LogP contribution in [0, 0.1) is 11.3 Å². The summed E-state index contributed by atoms with van der Waals surface area (Å²) in [6.45, 7) is 7.95. The fraction of sp³-hybridized carbons (Fsp3) is 0.611. The summed E-state index contributed by atoms with van der Waals surface area (Å²) in [5, 5.41) is 0. The van der Waals surface area contributed by atoms with E-state index < -0.39 is 0 Å². The third kappa shape index (κ3) is 2.54. The van der Waals surface area contributed by atoms with E-state index in [0.29, 0.717) is 11.4 Å². The van der Waals surface area contributed by atoms with E-state index in [2.05, 4.69) is 61.0 Å². The van der Waals surface area contributed by atoms with Crippen LogP contribution in [0.3, 0.4) is 0 Å². The number of aliphatic imine (C=N–C) groups is 1. The fourth-order valence-corrected chi connectivity index (χ4v) is 4.00. The average Bonchev–Trinajstić information content (AvgIpc) is 2.76. The summed E-state index contributed by atoms with van der Waals surface area (Å²) in [5.74, 6) is 1.50. The van der Waals surface area contributed by atoms with Crippen molar-refractivity contribution in [2.45, 2.75) is 52.0 Å². The highest BCUT2D eigenvalue weighted by atomic mass is 15.4. The van der Waals surface area contributed by atoms with Gasteiger partial charge in [-0.25, -0.2) is 0 Å². The molecule has 2 N–H and O–H groups in total. The van der Waals surface area contributed by atoms with Crippen LogP contribution in [0.25, 0.3) is 0 Å². The molecule has 0 atom stereocenters. The molecule has 1 saturated carbocycles. The number of benzene rings is 1. The van der Waals surface area contributed by atoms with Crippen molar-refractivity contribution in [2.75, 3.05) is 11.4 Å². The van der Waals surface area contributed by atoms with Gasteiger partial charge in [0.05, 0.1) is 12.1 Å². The fourth-order valence-electron chi connectivity index (χ4n) is 4.00. The van der Waals surface area contributed by atoms with E-state index in [1.807, 2.05) is 0 Å². The van der Waals surface area contributed by atoms with E-state index >= 15 is 0 Å². The Morgan fingerprint density at radius 3 is 2.33 bits per heavy atom. The highest BCUT2D eigenvalue weighted by Gasteiger charge is 2.46. The Labute approximate surface area is 128 Å². The van der Waals surface area contributed by atoms with Gasteiger partial charge in [0.1, 0.15) is 0 Å². The van der Waals surface area contributed by atoms with Crippen LogP contribution >= 0.6 is 0 Å². The van der Waals surface area contributed by atoms with Gasteiger partial charge in [0.2, 0.25) is 0 Å². The molecule has 0 bridgehead atoms. The minimum Gasteiger partial charge on any atom is -0.369 e. The van der Waals surface area contributed by atoms with Crippen molar-refractivity contribution in [3.63, 3.8) is 0 Å². The molecular formula is C18H27N3. The van der Waals surface area contributed by atoms with Crippen LogP contribution in [0.15, 0.2) is 35.3 Å². The van der Waals surface area contributed by atoms with E-state index in [0.717, 1.165) is 12.5 Å². The van der Waals surface area contributed by atoms with Crippen molar-refractivity contribution in [1.82, 2.24) is 0 Å². The molecule has 2 aliphatic rings. The summed E-state index contributed by atoms with van der Waals surface area (Å²) >= 11 is 0. The largest absolute Gasteiger partial charge is 0.369 e. The number of para-hydroxylation sites is 1. The average molecular weight is 285 g/mol. The lowest BCUT2D eigenvalue weighted by Gasteiger charge is -2.46. The molecule has 0 radical (unpaired) electrons. The molecule has 3 nitrogen and oxygen atoms in total. The second-order valence-electron chi connectivity index (χ2n) is 7.71. The lowest BCUT2D eigenvalue weighted by Crippen LogP contribution is -2.54. The molecular weight excluding hydrogens is 258 g/mol. The Hall–Kier alpha value is -1.51. The van der Waals surface area contributed by atoms with E-state index in [1.54, 1.807) is 0 Å². The number of rotatable bonds is 1. The number of nitrogens with zero attached hydrogens (tertiary/aromatic N) is 2. The lowest BCUT2D eigenvalue weighted by molar-refractivity contribution is 0.141. The predicted octanol–water partition coefficient (Wildman–Crippen LogP) is 3.80. The van der Waals surface area contributed by atoms with E-state index in [9.17, 15) is 0 Å². The first-order valence-electron chi connectivity index (χ1n) is 8.08. The molecule has 3 heteroatoms. The van der Waals surface area contributed by atoms with Crippen LogP contribution in [0.4, 0.5) is 5.69 Å². The summed E-state index contributed by atoms with van der Waals surface area (Å²) in [4.78, 5) is 6.88. The molecule has 1 aromatic rings. The Morgan fingerprint density at radius 2 is 1.76 bits per heavy atom. The molecule has 0 aromatic heterocycles. The number of hydrogen-bond donors (Lipinski definition) is 1. The Balaban J connectivity index is 1.83. The molecule has 1 aliphatic carbocycles. The quantitative estimate of drug-likeness (QED) is 0.852. The predicted molar refractivity (Wildman–Crippen MR) is 89.6 cm³/mol. The van der Waals surface area contributed by atoms with Crippen LogP contribution in [0.5, 0.6) is 0 Å². The van der Waals surface area contributed by atoms with Crippen molar-refractivity contribution < 1.29 is 0 Å². The number of hydrogen-bond acceptors (Lipinski definition) is 3. The Bertz CT molecular complexity index is 519. The molecule has 1 fully saturated rings. The number of anilines is 1. The maximum Gasteiger partial charge on any atom is 0.196 e. The first-order chi connectivity index (χ1) is 9.92. The van der Waals surface area contributed by atoms with Gasteiger partial charge in [0.15, 0.2) is 5.96 Å². The van der Waals surface area contributed by atoms with Crippen LogP contribution in [-0.4, -0.2) is 18.0 Å². The molecule has 21 heavy (non-hydrogen) atoms. The third-order valence-corrected chi connectivity index (χ3v) is 5.39. The van der Waals surface area contributed by atoms with E-state index in [-0.39, 0.29) is 5.54 Å². The zero-order valence-electron chi connectivity index (χ0n) is 13.5. The SMILES string of the molecule is CC(C)(C)C1CCC2(CC1)CN=C(N)N2c1ccccc1. The van der Waals surface area contributed by atoms with Crippen molar-refractivity contribution in [1.29, 1.82) is 0 Å². The highest BCUT2D eigenvalue weighted by Crippen LogP contribution is 2.46. The summed E-state index contributed by atoms with van der Waals surface area (Å²) < 4.78 is 0. The molecule has 114 valence electrons. The van der Waals surface area contributed by atoms with Gasteiger partial charge in [-0.1, -0.05) is 39.0 Å². The minimum atomic E-state index is 0.118. The summed E-state index contributed by atoms with van der Waals surface area (Å²) in [6.07, 6.45) is 4.92.